The van der Waals surface area contributed by atoms with E-state index >= 15 is 0 Å². The number of morpholine rings is 1. The number of rotatable bonds is 4. The fourth-order valence-electron chi connectivity index (χ4n) is 1.73. The number of carbonyl (C=O) groups excluding carboxylic acids is 1. The zero-order valence-electron chi connectivity index (χ0n) is 10.6. The number of amides is 1. The van der Waals surface area contributed by atoms with Crippen molar-refractivity contribution in [3.63, 3.8) is 0 Å². The van der Waals surface area contributed by atoms with E-state index in [9.17, 15) is 4.79 Å². The number of ether oxygens (including phenoxy) is 1. The molecule has 0 aromatic carbocycles. The van der Waals surface area contributed by atoms with Gasteiger partial charge in [-0.25, -0.2) is 9.97 Å². The summed E-state index contributed by atoms with van der Waals surface area (Å²) in [5.74, 6) is 0.455. The van der Waals surface area contributed by atoms with E-state index in [0.717, 1.165) is 13.0 Å². The molecule has 6 heteroatoms. The van der Waals surface area contributed by atoms with Gasteiger partial charge < -0.3 is 15.0 Å². The van der Waals surface area contributed by atoms with Crippen molar-refractivity contribution in [3.05, 3.63) is 18.0 Å². The summed E-state index contributed by atoms with van der Waals surface area (Å²) in [6.45, 7) is 5.31. The first kappa shape index (κ1) is 12.8. The van der Waals surface area contributed by atoms with E-state index in [4.69, 9.17) is 4.74 Å². The van der Waals surface area contributed by atoms with Crippen LogP contribution >= 0.6 is 0 Å². The van der Waals surface area contributed by atoms with Gasteiger partial charge in [0.1, 0.15) is 5.69 Å². The Balaban J connectivity index is 2.04. The van der Waals surface area contributed by atoms with Crippen molar-refractivity contribution >= 4 is 11.9 Å². The van der Waals surface area contributed by atoms with Gasteiger partial charge in [0, 0.05) is 25.8 Å². The molecule has 0 radical (unpaired) electrons. The number of anilines is 1. The van der Waals surface area contributed by atoms with Gasteiger partial charge in [-0.3, -0.25) is 4.79 Å². The Morgan fingerprint density at radius 2 is 2.28 bits per heavy atom. The highest BCUT2D eigenvalue weighted by Gasteiger charge is 2.19. The van der Waals surface area contributed by atoms with Crippen LogP contribution in [0.4, 0.5) is 5.95 Å². The molecule has 0 atom stereocenters. The van der Waals surface area contributed by atoms with Crippen LogP contribution < -0.4 is 5.32 Å². The third kappa shape index (κ3) is 3.16. The van der Waals surface area contributed by atoms with Crippen LogP contribution in [0.5, 0.6) is 0 Å². The third-order valence-corrected chi connectivity index (χ3v) is 2.71. The standard InChI is InChI=1S/C12H18N4O2/c1-2-4-13-12-14-5-3-10(15-12)11(17)16-6-8-18-9-7-16/h3,5H,2,4,6-9H2,1H3,(H,13,14,15). The lowest BCUT2D eigenvalue weighted by Gasteiger charge is -2.26. The minimum atomic E-state index is -0.0553. The largest absolute Gasteiger partial charge is 0.378 e. The predicted molar refractivity (Wildman–Crippen MR) is 67.5 cm³/mol. The van der Waals surface area contributed by atoms with Gasteiger partial charge in [-0.05, 0) is 12.5 Å². The lowest BCUT2D eigenvalue weighted by molar-refractivity contribution is 0.0299. The van der Waals surface area contributed by atoms with Crippen LogP contribution in [-0.4, -0.2) is 53.6 Å². The molecule has 0 spiro atoms. The average Bonchev–Trinajstić information content (AvgIpc) is 2.45. The number of carbonyl (C=O) groups is 1. The van der Waals surface area contributed by atoms with Gasteiger partial charge >= 0.3 is 0 Å². The zero-order valence-corrected chi connectivity index (χ0v) is 10.6. The van der Waals surface area contributed by atoms with Crippen LogP contribution in [-0.2, 0) is 4.74 Å². The summed E-state index contributed by atoms with van der Waals surface area (Å²) < 4.78 is 5.22. The van der Waals surface area contributed by atoms with E-state index in [1.807, 2.05) is 0 Å². The van der Waals surface area contributed by atoms with Crippen LogP contribution in [0.15, 0.2) is 12.3 Å². The Morgan fingerprint density at radius 3 is 3.00 bits per heavy atom. The summed E-state index contributed by atoms with van der Waals surface area (Å²) in [4.78, 5) is 22.3. The minimum Gasteiger partial charge on any atom is -0.378 e. The summed E-state index contributed by atoms with van der Waals surface area (Å²) in [5.41, 5.74) is 0.436. The molecule has 1 saturated heterocycles. The lowest BCUT2D eigenvalue weighted by atomic mass is 10.3. The Bertz CT molecular complexity index is 405. The Kier molecular flexibility index (Phi) is 4.46. The average molecular weight is 250 g/mol. The Hall–Kier alpha value is -1.69. The molecule has 0 aliphatic carbocycles. The number of hydrogen-bond acceptors (Lipinski definition) is 5. The smallest absolute Gasteiger partial charge is 0.272 e. The number of nitrogens with one attached hydrogen (secondary N) is 1. The third-order valence-electron chi connectivity index (χ3n) is 2.71. The maximum atomic E-state index is 12.2. The molecule has 0 bridgehead atoms. The summed E-state index contributed by atoms with van der Waals surface area (Å²) >= 11 is 0. The quantitative estimate of drug-likeness (QED) is 0.855. The van der Waals surface area contributed by atoms with Crippen molar-refractivity contribution in [1.82, 2.24) is 14.9 Å². The molecule has 1 amide bonds. The molecule has 18 heavy (non-hydrogen) atoms. The summed E-state index contributed by atoms with van der Waals surface area (Å²) in [6, 6.07) is 1.65. The molecule has 1 N–H and O–H groups in total. The normalized spacial score (nSPS) is 15.5. The van der Waals surface area contributed by atoms with E-state index in [1.165, 1.54) is 0 Å². The zero-order chi connectivity index (χ0) is 12.8. The fourth-order valence-corrected chi connectivity index (χ4v) is 1.73. The van der Waals surface area contributed by atoms with Crippen LogP contribution in [0.25, 0.3) is 0 Å². The molecule has 98 valence electrons. The van der Waals surface area contributed by atoms with Gasteiger partial charge in [0.25, 0.3) is 5.91 Å². The van der Waals surface area contributed by atoms with E-state index in [2.05, 4.69) is 22.2 Å². The molecule has 1 fully saturated rings. The van der Waals surface area contributed by atoms with E-state index in [-0.39, 0.29) is 5.91 Å². The van der Waals surface area contributed by atoms with Crippen molar-refractivity contribution in [2.24, 2.45) is 0 Å². The van der Waals surface area contributed by atoms with Gasteiger partial charge in [0.2, 0.25) is 5.95 Å². The van der Waals surface area contributed by atoms with Gasteiger partial charge in [0.05, 0.1) is 13.2 Å². The summed E-state index contributed by atoms with van der Waals surface area (Å²) in [6.07, 6.45) is 2.60. The summed E-state index contributed by atoms with van der Waals surface area (Å²) in [7, 11) is 0. The van der Waals surface area contributed by atoms with Gasteiger partial charge in [-0.15, -0.1) is 0 Å². The minimum absolute atomic E-state index is 0.0553. The number of aromatic nitrogens is 2. The molecule has 1 aromatic rings. The molecule has 2 heterocycles. The van der Waals surface area contributed by atoms with Crippen LogP contribution in [0.3, 0.4) is 0 Å². The second kappa shape index (κ2) is 6.30. The molecule has 6 nitrogen and oxygen atoms in total. The van der Waals surface area contributed by atoms with Crippen molar-refractivity contribution in [3.8, 4) is 0 Å². The molecule has 1 aliphatic heterocycles. The Labute approximate surface area is 106 Å². The first-order valence-electron chi connectivity index (χ1n) is 6.25. The monoisotopic (exact) mass is 250 g/mol. The lowest BCUT2D eigenvalue weighted by Crippen LogP contribution is -2.41. The van der Waals surface area contributed by atoms with E-state index in [0.29, 0.717) is 37.9 Å². The SMILES string of the molecule is CCCNc1nccc(C(=O)N2CCOCC2)n1. The molecular weight excluding hydrogens is 232 g/mol. The molecule has 2 rings (SSSR count). The highest BCUT2D eigenvalue weighted by Crippen LogP contribution is 2.07. The van der Waals surface area contributed by atoms with Gasteiger partial charge in [0.15, 0.2) is 0 Å². The van der Waals surface area contributed by atoms with Crippen LogP contribution in [0, 0.1) is 0 Å². The second-order valence-electron chi connectivity index (χ2n) is 4.10. The number of nitrogens with zero attached hydrogens (tertiary/aromatic N) is 3. The first-order chi connectivity index (χ1) is 8.81. The topological polar surface area (TPSA) is 67.4 Å². The van der Waals surface area contributed by atoms with Crippen LogP contribution in [0.2, 0.25) is 0 Å². The summed E-state index contributed by atoms with van der Waals surface area (Å²) in [5, 5.41) is 3.07. The maximum Gasteiger partial charge on any atom is 0.272 e. The molecule has 1 aliphatic rings. The molecule has 0 unspecified atom stereocenters. The maximum absolute atomic E-state index is 12.2. The van der Waals surface area contributed by atoms with Crippen molar-refractivity contribution in [2.45, 2.75) is 13.3 Å². The molecular formula is C12H18N4O2. The van der Waals surface area contributed by atoms with Crippen LogP contribution in [0.1, 0.15) is 23.8 Å². The predicted octanol–water partition coefficient (Wildman–Crippen LogP) is 0.771. The number of hydrogen-bond donors (Lipinski definition) is 1. The molecule has 0 saturated carbocycles. The van der Waals surface area contributed by atoms with E-state index in [1.54, 1.807) is 17.2 Å². The fraction of sp³-hybridized carbons (Fsp3) is 0.583. The highest BCUT2D eigenvalue weighted by molar-refractivity contribution is 5.92. The molecule has 1 aromatic heterocycles. The highest BCUT2D eigenvalue weighted by atomic mass is 16.5. The Morgan fingerprint density at radius 1 is 1.50 bits per heavy atom. The second-order valence-corrected chi connectivity index (χ2v) is 4.10. The van der Waals surface area contributed by atoms with E-state index < -0.39 is 0 Å². The van der Waals surface area contributed by atoms with Crippen molar-refractivity contribution in [2.75, 3.05) is 38.2 Å². The van der Waals surface area contributed by atoms with Gasteiger partial charge in [-0.1, -0.05) is 6.92 Å². The van der Waals surface area contributed by atoms with Crippen molar-refractivity contribution in [1.29, 1.82) is 0 Å². The van der Waals surface area contributed by atoms with Gasteiger partial charge in [-0.2, -0.15) is 0 Å². The first-order valence-corrected chi connectivity index (χ1v) is 6.25. The van der Waals surface area contributed by atoms with Crippen molar-refractivity contribution < 1.29 is 9.53 Å².